The average molecular weight is 2010 g/mol. The molecule has 147 heavy (non-hydrogen) atoms. The molecule has 0 spiro atoms. The lowest BCUT2D eigenvalue weighted by atomic mass is 10.2. The molecule has 0 atom stereocenters. The Morgan fingerprint density at radius 1 is 0.388 bits per heavy atom. The summed E-state index contributed by atoms with van der Waals surface area (Å²) < 4.78 is 43.1. The summed E-state index contributed by atoms with van der Waals surface area (Å²) in [4.78, 5) is 100. The highest BCUT2D eigenvalue weighted by Gasteiger charge is 2.28. The van der Waals surface area contributed by atoms with Crippen molar-refractivity contribution in [3.05, 3.63) is 225 Å². The summed E-state index contributed by atoms with van der Waals surface area (Å²) in [7, 11) is 6.02. The number of ether oxygens (including phenoxy) is 5. The average Bonchev–Trinajstić information content (AvgIpc) is 1.68. The predicted molar refractivity (Wildman–Crippen MR) is 565 cm³/mol. The maximum atomic E-state index is 12.3. The van der Waals surface area contributed by atoms with Gasteiger partial charge in [0.1, 0.15) is 33.1 Å². The summed E-state index contributed by atoms with van der Waals surface area (Å²) in [5, 5.41) is 42.8. The smallest absolute Gasteiger partial charge is 0.333 e. The van der Waals surface area contributed by atoms with Crippen LogP contribution in [-0.2, 0) is 28.5 Å². The third-order valence-electron chi connectivity index (χ3n) is 25.1. The van der Waals surface area contributed by atoms with Crippen molar-refractivity contribution in [1.82, 2.24) is 113 Å². The number of piperazine rings is 1. The number of aryl methyl sites for hydroxylation is 1. The van der Waals surface area contributed by atoms with E-state index in [1.807, 2.05) is 260 Å². The van der Waals surface area contributed by atoms with Crippen LogP contribution in [0.15, 0.2) is 224 Å². The van der Waals surface area contributed by atoms with Gasteiger partial charge >= 0.3 is 18.1 Å². The number of anilines is 11. The Hall–Kier alpha value is -16.5. The molecule has 6 saturated heterocycles. The molecule has 0 bridgehead atoms. The molecule has 6 aliphatic heterocycles. The molecule has 6 aliphatic rings. The number of nitrogen functional groups attached to an aromatic ring is 1. The van der Waals surface area contributed by atoms with Gasteiger partial charge in [-0.3, -0.25) is 15.2 Å². The molecule has 9 N–H and O–H groups in total. The van der Waals surface area contributed by atoms with E-state index < -0.39 is 0 Å². The van der Waals surface area contributed by atoms with E-state index in [9.17, 15) is 19.2 Å². The number of fused-ring (bicyclic) bond motifs is 7. The second-order valence-electron chi connectivity index (χ2n) is 35.6. The van der Waals surface area contributed by atoms with E-state index in [-0.39, 0.29) is 30.0 Å². The summed E-state index contributed by atoms with van der Waals surface area (Å²) in [6.07, 6.45) is 11.3. The van der Waals surface area contributed by atoms with Gasteiger partial charge in [0.15, 0.2) is 68.9 Å². The fraction of sp³-hybridized carbons (Fsp3) is 0.304. The summed E-state index contributed by atoms with van der Waals surface area (Å²) in [6, 6.07) is 57.2. The molecule has 0 saturated carbocycles. The molecule has 45 heteroatoms. The van der Waals surface area contributed by atoms with Gasteiger partial charge in [-0.15, -0.1) is 25.5 Å². The van der Waals surface area contributed by atoms with Crippen LogP contribution in [0.3, 0.4) is 0 Å². The van der Waals surface area contributed by atoms with Gasteiger partial charge in [-0.05, 0) is 210 Å². The molecular weight excluding hydrogens is 1890 g/mol. The van der Waals surface area contributed by atoms with Crippen LogP contribution in [0.2, 0.25) is 0 Å². The normalized spacial score (nSPS) is 15.3. The highest BCUT2D eigenvalue weighted by Crippen LogP contribution is 2.36. The van der Waals surface area contributed by atoms with E-state index in [2.05, 4.69) is 114 Å². The highest BCUT2D eigenvalue weighted by molar-refractivity contribution is 7.22. The van der Waals surface area contributed by atoms with Gasteiger partial charge in [-0.1, -0.05) is 11.3 Å². The second-order valence-corrected chi connectivity index (χ2v) is 36.6. The number of morpholine rings is 5. The number of likely N-dealkylation sites (N-methyl/N-ethyl adjacent to an activating group) is 2. The Bertz CT molecular complexity index is 7620. The molecule has 0 unspecified atom stereocenters. The van der Waals surface area contributed by atoms with Crippen molar-refractivity contribution < 1.29 is 47.3 Å². The Kier molecular flexibility index (Phi) is 30.4. The van der Waals surface area contributed by atoms with Gasteiger partial charge in [0, 0.05) is 194 Å². The van der Waals surface area contributed by atoms with Crippen LogP contribution in [0.1, 0.15) is 12.6 Å². The number of pyridine rings is 1. The molecule has 24 rings (SSSR count). The number of nitrogens with two attached hydrogens (primary N) is 1. The summed E-state index contributed by atoms with van der Waals surface area (Å²) in [5.74, 6) is 7.61. The van der Waals surface area contributed by atoms with E-state index in [1.165, 1.54) is 18.3 Å². The Labute approximate surface area is 847 Å². The van der Waals surface area contributed by atoms with Crippen LogP contribution < -0.4 is 67.6 Å². The number of benzene rings is 5. The number of urea groups is 3. The number of thiazole rings is 1. The highest BCUT2D eigenvalue weighted by atomic mass is 32.1. The molecule has 0 radical (unpaired) electrons. The van der Waals surface area contributed by atoms with E-state index in [4.69, 9.17) is 58.8 Å². The first kappa shape index (κ1) is 97.9. The van der Waals surface area contributed by atoms with Crippen LogP contribution >= 0.6 is 11.3 Å². The number of carbonyl (C=O) groups excluding carboxylic acids is 4. The van der Waals surface area contributed by atoms with Crippen LogP contribution in [0.25, 0.3) is 106 Å². The third-order valence-corrected chi connectivity index (χ3v) is 26.0. The Morgan fingerprint density at radius 2 is 0.748 bits per heavy atom. The summed E-state index contributed by atoms with van der Waals surface area (Å²) in [5.41, 5.74) is 23.6. The number of hydrogen-bond donors (Lipinski definition) is 8. The lowest BCUT2D eigenvalue weighted by Crippen LogP contribution is -2.53. The van der Waals surface area contributed by atoms with E-state index >= 15 is 0 Å². The predicted octanol–water partition coefficient (Wildman–Crippen LogP) is 11.8. The zero-order chi connectivity index (χ0) is 101. The van der Waals surface area contributed by atoms with Gasteiger partial charge in [0.25, 0.3) is 6.01 Å². The van der Waals surface area contributed by atoms with Crippen LogP contribution in [0, 0.1) is 6.92 Å². The minimum Gasteiger partial charge on any atom is -0.424 e. The lowest BCUT2D eigenvalue weighted by Gasteiger charge is -2.32. The first-order valence-electron chi connectivity index (χ1n) is 48.7. The molecule has 756 valence electrons. The fourth-order valence-electron chi connectivity index (χ4n) is 17.4. The van der Waals surface area contributed by atoms with Crippen molar-refractivity contribution in [2.24, 2.45) is 0 Å². The van der Waals surface area contributed by atoms with Gasteiger partial charge in [0.2, 0.25) is 5.91 Å². The number of hydrogen-bond acceptors (Lipinski definition) is 33. The minimum atomic E-state index is -0.325. The van der Waals surface area contributed by atoms with E-state index in [1.54, 1.807) is 12.3 Å². The third kappa shape index (κ3) is 23.9. The zero-order valence-corrected chi connectivity index (χ0v) is 82.7. The number of oxazole rings is 1. The SMILES string of the molecule is CC(=O)Nc1nc2ccc(-c3nc(N4CCOCC4)c4cccn4n3)cc2s1.CN(C)CCNC(=O)Nc1ccc(-c2nc(N3CCOCC3)c3cccn3n2)cc1.CN1CCN(NC(=O)Nc2ccc(-c3nc(N4CCOCC4)c4cccn4n3)cc2)CC1.Cc1ncccc1NC(=O)Nc1ccc(-c2nc(N3CCOCC3)c3cccn3n2)cc1.Nc1nc2ccc(-c3nc(N4CCOCC4)c4cccn4n3)cc2o1. The van der Waals surface area contributed by atoms with Gasteiger partial charge in [-0.2, -0.15) is 4.98 Å². The fourth-order valence-corrected chi connectivity index (χ4v) is 18.3. The van der Waals surface area contributed by atoms with Crippen molar-refractivity contribution in [2.75, 3.05) is 249 Å². The number of hydrazine groups is 1. The number of aromatic nitrogens is 18. The molecule has 13 aromatic heterocycles. The first-order chi connectivity index (χ1) is 71.9. The van der Waals surface area contributed by atoms with Crippen molar-refractivity contribution in [2.45, 2.75) is 13.8 Å². The maximum absolute atomic E-state index is 12.3. The molecule has 0 aliphatic carbocycles. The van der Waals surface area contributed by atoms with Crippen LogP contribution in [-0.4, -0.2) is 319 Å². The van der Waals surface area contributed by atoms with Crippen LogP contribution in [0.4, 0.5) is 77.4 Å². The molecule has 44 nitrogen and oxygen atoms in total. The van der Waals surface area contributed by atoms with Gasteiger partial charge in [-0.25, -0.2) is 71.9 Å². The first-order valence-corrected chi connectivity index (χ1v) is 49.5. The van der Waals surface area contributed by atoms with Gasteiger partial charge < -0.3 is 100 Å². The van der Waals surface area contributed by atoms with Crippen LogP contribution in [0.5, 0.6) is 0 Å². The second kappa shape index (κ2) is 45.6. The zero-order valence-electron chi connectivity index (χ0n) is 81.9. The maximum Gasteiger partial charge on any atom is 0.333 e. The lowest BCUT2D eigenvalue weighted by molar-refractivity contribution is -0.114. The topological polar surface area (TPSA) is 453 Å². The Balaban J connectivity index is 0.000000112. The van der Waals surface area contributed by atoms with Crippen molar-refractivity contribution in [3.63, 3.8) is 0 Å². The number of nitrogens with zero attached hydrogens (tertiary/aromatic N) is 26. The van der Waals surface area contributed by atoms with Crippen molar-refractivity contribution in [3.8, 4) is 56.9 Å². The minimum absolute atomic E-state index is 0.129. The van der Waals surface area contributed by atoms with Crippen molar-refractivity contribution >= 4 is 147 Å². The molecule has 6 fully saturated rings. The molecule has 19 heterocycles. The van der Waals surface area contributed by atoms with Gasteiger partial charge in [0.05, 0.1) is 87.7 Å². The molecular formula is C102H112N34O10S. The quantitative estimate of drug-likeness (QED) is 0.0373. The molecule has 5 aromatic carbocycles. The standard InChI is InChI=1S/C23H23N7O2.C22H28N8O2.C21H27N7O2.C19H18N6O2S.C17H16N6O2/c1-16-19(4-2-10-24-16)26-23(31)25-18-8-6-17(7-9-18)21-27-22(29-12-14-32-15-13-29)20-5-3-11-30(20)28-21;1-27-9-11-29(12-10-27)26-22(31)23-18-6-4-17(5-7-18)20-24-21(28-13-15-32-16-14-28)19-3-2-8-30(19)25-20;1-26(2)11-9-22-21(29)23-17-7-5-16(6-8-17)19-24-20(27-12-14-30-15-13-27)18-4-3-10-28(18)25-19;1-12(26)20-19-21-14-5-4-13(11-16(14)28-19)17-22-18(24-7-9-27-10-8-24)15-3-2-6-25(15)23-17;18-17-19-12-4-3-11(10-14(12)25-17)15-20-16(22-6-8-24-9-7-22)13-2-1-5-23(13)21-15/h2-11H,12-15H2,1H3,(H2,25,26,31);2-8H,9-16H2,1H3,(H2,23,26,31);3-8,10H,9,11-15H2,1-2H3,(H2,22,23,29);2-6,11H,7-10H2,1H3,(H,20,21,26);1-5,10H,6-9H2,(H2,18,19). The summed E-state index contributed by atoms with van der Waals surface area (Å²) in [6.45, 7) is 23.3. The summed E-state index contributed by atoms with van der Waals surface area (Å²) >= 11 is 1.44. The molecule has 7 amide bonds. The monoisotopic (exact) mass is 2000 g/mol. The van der Waals surface area contributed by atoms with Crippen molar-refractivity contribution in [1.29, 1.82) is 0 Å². The Morgan fingerprint density at radius 3 is 1.13 bits per heavy atom. The number of amides is 7. The van der Waals surface area contributed by atoms with E-state index in [0.29, 0.717) is 124 Å². The largest absolute Gasteiger partial charge is 0.424 e. The van der Waals surface area contributed by atoms with E-state index in [0.717, 1.165) is 215 Å². The number of nitrogens with one attached hydrogen (secondary N) is 7. The molecule has 18 aromatic rings. The number of carbonyl (C=O) groups is 4. The number of rotatable bonds is 19.